The highest BCUT2D eigenvalue weighted by Gasteiger charge is 2.22. The molecule has 146 valence electrons. The monoisotopic (exact) mass is 386 g/mol. The summed E-state index contributed by atoms with van der Waals surface area (Å²) < 4.78 is 33.7. The summed E-state index contributed by atoms with van der Waals surface area (Å²) in [6, 6.07) is 8.85. The topological polar surface area (TPSA) is 59.7 Å². The quantitative estimate of drug-likeness (QED) is 0.692. The summed E-state index contributed by atoms with van der Waals surface area (Å²) in [6.07, 6.45) is -1.19. The maximum absolute atomic E-state index is 13.6. The van der Waals surface area contributed by atoms with Gasteiger partial charge in [-0.3, -0.25) is 4.79 Å². The Hall–Kier alpha value is -2.87. The number of morpholine rings is 1. The number of alkyl halides is 2. The maximum atomic E-state index is 13.6. The molecular formula is C20H20F2N4O2. The van der Waals surface area contributed by atoms with Crippen LogP contribution >= 0.6 is 0 Å². The van der Waals surface area contributed by atoms with Crippen molar-refractivity contribution in [3.05, 3.63) is 53.3 Å². The number of benzene rings is 1. The lowest BCUT2D eigenvalue weighted by Crippen LogP contribution is -2.41. The first-order valence-corrected chi connectivity index (χ1v) is 9.11. The highest BCUT2D eigenvalue weighted by molar-refractivity contribution is 5.81. The molecule has 0 radical (unpaired) electrons. The standard InChI is InChI=1S/C20H20F2N4O2/c1-13-2-4-14(5-3-13)16-11-17(19(21)22)26-20(24-16)15(12-23-26)10-18(27)25-6-8-28-9-7-25/h2-5,11-12,19H,6-10H2,1H3. The molecule has 1 fully saturated rings. The van der Waals surface area contributed by atoms with E-state index in [4.69, 9.17) is 4.74 Å². The first-order valence-electron chi connectivity index (χ1n) is 9.11. The molecule has 3 heterocycles. The number of rotatable bonds is 4. The van der Waals surface area contributed by atoms with Gasteiger partial charge in [-0.25, -0.2) is 18.3 Å². The lowest BCUT2D eigenvalue weighted by molar-refractivity contribution is -0.134. The van der Waals surface area contributed by atoms with Gasteiger partial charge in [0.05, 0.1) is 31.5 Å². The Bertz CT molecular complexity index is 995. The molecule has 0 atom stereocenters. The molecule has 28 heavy (non-hydrogen) atoms. The predicted octanol–water partition coefficient (Wildman–Crippen LogP) is 3.04. The van der Waals surface area contributed by atoms with Crippen molar-refractivity contribution in [1.82, 2.24) is 19.5 Å². The number of ether oxygens (including phenoxy) is 1. The van der Waals surface area contributed by atoms with Crippen LogP contribution in [-0.2, 0) is 16.0 Å². The number of fused-ring (bicyclic) bond motifs is 1. The molecule has 1 aliphatic heterocycles. The second kappa shape index (κ2) is 7.63. The molecule has 0 unspecified atom stereocenters. The van der Waals surface area contributed by atoms with Gasteiger partial charge in [-0.05, 0) is 13.0 Å². The van der Waals surface area contributed by atoms with E-state index >= 15 is 0 Å². The van der Waals surface area contributed by atoms with E-state index in [1.165, 1.54) is 12.3 Å². The molecule has 3 aromatic rings. The van der Waals surface area contributed by atoms with Crippen LogP contribution in [0, 0.1) is 6.92 Å². The van der Waals surface area contributed by atoms with Crippen molar-refractivity contribution >= 4 is 11.6 Å². The summed E-state index contributed by atoms with van der Waals surface area (Å²) in [5, 5.41) is 4.07. The van der Waals surface area contributed by atoms with E-state index in [9.17, 15) is 13.6 Å². The molecule has 0 spiro atoms. The Morgan fingerprint density at radius 3 is 2.61 bits per heavy atom. The van der Waals surface area contributed by atoms with Crippen LogP contribution in [0.5, 0.6) is 0 Å². The fourth-order valence-corrected chi connectivity index (χ4v) is 3.27. The van der Waals surface area contributed by atoms with Gasteiger partial charge in [-0.1, -0.05) is 29.8 Å². The molecular weight excluding hydrogens is 366 g/mol. The summed E-state index contributed by atoms with van der Waals surface area (Å²) in [5.41, 5.74) is 2.82. The zero-order valence-electron chi connectivity index (χ0n) is 15.4. The van der Waals surface area contributed by atoms with Gasteiger partial charge < -0.3 is 9.64 Å². The Morgan fingerprint density at radius 2 is 1.93 bits per heavy atom. The largest absolute Gasteiger partial charge is 0.378 e. The van der Waals surface area contributed by atoms with Crippen molar-refractivity contribution in [3.8, 4) is 11.3 Å². The van der Waals surface area contributed by atoms with Crippen molar-refractivity contribution < 1.29 is 18.3 Å². The minimum Gasteiger partial charge on any atom is -0.378 e. The van der Waals surface area contributed by atoms with Gasteiger partial charge in [0, 0.05) is 24.2 Å². The molecule has 2 aromatic heterocycles. The van der Waals surface area contributed by atoms with E-state index in [0.717, 1.165) is 15.6 Å². The number of aryl methyl sites for hydroxylation is 1. The molecule has 0 N–H and O–H groups in total. The number of carbonyl (C=O) groups is 1. The van der Waals surface area contributed by atoms with E-state index in [-0.39, 0.29) is 23.7 Å². The Labute approximate surface area is 160 Å². The third-order valence-corrected chi connectivity index (χ3v) is 4.85. The normalized spacial score (nSPS) is 14.8. The van der Waals surface area contributed by atoms with Crippen molar-refractivity contribution in [2.24, 2.45) is 0 Å². The van der Waals surface area contributed by atoms with Crippen molar-refractivity contribution in [2.75, 3.05) is 26.3 Å². The first-order chi connectivity index (χ1) is 13.5. The van der Waals surface area contributed by atoms with Gasteiger partial charge in [0.1, 0.15) is 5.69 Å². The van der Waals surface area contributed by atoms with Gasteiger partial charge in [0.2, 0.25) is 5.91 Å². The van der Waals surface area contributed by atoms with Crippen molar-refractivity contribution in [2.45, 2.75) is 19.8 Å². The van der Waals surface area contributed by atoms with Crippen LogP contribution in [0.3, 0.4) is 0 Å². The van der Waals surface area contributed by atoms with E-state index < -0.39 is 6.43 Å². The van der Waals surface area contributed by atoms with Crippen molar-refractivity contribution in [3.63, 3.8) is 0 Å². The van der Waals surface area contributed by atoms with Gasteiger partial charge in [-0.15, -0.1) is 0 Å². The zero-order chi connectivity index (χ0) is 19.7. The summed E-state index contributed by atoms with van der Waals surface area (Å²) in [7, 11) is 0. The number of aromatic nitrogens is 3. The Balaban J connectivity index is 1.73. The molecule has 1 amide bonds. The lowest BCUT2D eigenvalue weighted by Gasteiger charge is -2.26. The molecule has 1 aromatic carbocycles. The maximum Gasteiger partial charge on any atom is 0.280 e. The van der Waals surface area contributed by atoms with Crippen LogP contribution in [0.25, 0.3) is 16.9 Å². The van der Waals surface area contributed by atoms with Crippen molar-refractivity contribution in [1.29, 1.82) is 0 Å². The Morgan fingerprint density at radius 1 is 1.21 bits per heavy atom. The molecule has 0 bridgehead atoms. The zero-order valence-corrected chi connectivity index (χ0v) is 15.4. The van der Waals surface area contributed by atoms with Gasteiger partial charge in [0.15, 0.2) is 5.65 Å². The molecule has 0 saturated carbocycles. The van der Waals surface area contributed by atoms with Crippen LogP contribution in [0.1, 0.15) is 23.2 Å². The van der Waals surface area contributed by atoms with E-state index in [1.54, 1.807) is 4.90 Å². The fraction of sp³-hybridized carbons (Fsp3) is 0.350. The summed E-state index contributed by atoms with van der Waals surface area (Å²) >= 11 is 0. The average molecular weight is 386 g/mol. The number of amides is 1. The van der Waals surface area contributed by atoms with Gasteiger partial charge >= 0.3 is 0 Å². The first kappa shape index (κ1) is 18.5. The van der Waals surface area contributed by atoms with Crippen LogP contribution in [0.15, 0.2) is 36.5 Å². The van der Waals surface area contributed by atoms with E-state index in [2.05, 4.69) is 10.1 Å². The minimum absolute atomic E-state index is 0.0660. The summed E-state index contributed by atoms with van der Waals surface area (Å²) in [6.45, 7) is 4.03. The Kier molecular flexibility index (Phi) is 5.04. The van der Waals surface area contributed by atoms with Gasteiger partial charge in [-0.2, -0.15) is 5.10 Å². The predicted molar refractivity (Wildman–Crippen MR) is 99.2 cm³/mol. The van der Waals surface area contributed by atoms with Crippen LogP contribution in [0.2, 0.25) is 0 Å². The third-order valence-electron chi connectivity index (χ3n) is 4.85. The minimum atomic E-state index is -2.71. The summed E-state index contributed by atoms with van der Waals surface area (Å²) in [5.74, 6) is -0.0839. The van der Waals surface area contributed by atoms with Crippen LogP contribution in [-0.4, -0.2) is 51.7 Å². The molecule has 1 aliphatic rings. The third kappa shape index (κ3) is 3.60. The fourth-order valence-electron chi connectivity index (χ4n) is 3.27. The summed E-state index contributed by atoms with van der Waals surface area (Å²) in [4.78, 5) is 18.8. The molecule has 1 saturated heterocycles. The number of carbonyl (C=O) groups excluding carboxylic acids is 1. The number of halogens is 2. The number of hydrogen-bond acceptors (Lipinski definition) is 4. The smallest absolute Gasteiger partial charge is 0.280 e. The number of nitrogens with zero attached hydrogens (tertiary/aromatic N) is 4. The lowest BCUT2D eigenvalue weighted by atomic mass is 10.1. The highest BCUT2D eigenvalue weighted by Crippen LogP contribution is 2.27. The van der Waals surface area contributed by atoms with E-state index in [1.807, 2.05) is 31.2 Å². The van der Waals surface area contributed by atoms with Crippen LogP contribution in [0.4, 0.5) is 8.78 Å². The van der Waals surface area contributed by atoms with E-state index in [0.29, 0.717) is 37.6 Å². The average Bonchev–Trinajstić information content (AvgIpc) is 3.11. The molecule has 8 heteroatoms. The van der Waals surface area contributed by atoms with Gasteiger partial charge in [0.25, 0.3) is 6.43 Å². The number of hydrogen-bond donors (Lipinski definition) is 0. The second-order valence-corrected chi connectivity index (χ2v) is 6.81. The second-order valence-electron chi connectivity index (χ2n) is 6.81. The molecule has 4 rings (SSSR count). The molecule has 0 aliphatic carbocycles. The highest BCUT2D eigenvalue weighted by atomic mass is 19.3. The molecule has 6 nitrogen and oxygen atoms in total. The SMILES string of the molecule is Cc1ccc(-c2cc(C(F)F)n3ncc(CC(=O)N4CCOCC4)c3n2)cc1. The van der Waals surface area contributed by atoms with Crippen LogP contribution < -0.4 is 0 Å².